The van der Waals surface area contributed by atoms with Gasteiger partial charge in [0.25, 0.3) is 10.0 Å². The van der Waals surface area contributed by atoms with Gasteiger partial charge in [0.2, 0.25) is 5.91 Å². The number of anilines is 2. The summed E-state index contributed by atoms with van der Waals surface area (Å²) in [7, 11) is -2.50. The van der Waals surface area contributed by atoms with Gasteiger partial charge >= 0.3 is 0 Å². The first-order valence-corrected chi connectivity index (χ1v) is 8.13. The van der Waals surface area contributed by atoms with Crippen LogP contribution in [0.25, 0.3) is 0 Å². The Labute approximate surface area is 131 Å². The molecule has 3 rings (SSSR count). The molecule has 0 aliphatic carbocycles. The van der Waals surface area contributed by atoms with Crippen molar-refractivity contribution in [1.29, 1.82) is 0 Å². The number of hydrogen-bond acceptors (Lipinski definition) is 3. The van der Waals surface area contributed by atoms with E-state index in [1.807, 2.05) is 4.72 Å². The van der Waals surface area contributed by atoms with E-state index < -0.39 is 27.3 Å². The Morgan fingerprint density at radius 1 is 1.13 bits per heavy atom. The molecule has 0 bridgehead atoms. The molecule has 5 nitrogen and oxygen atoms in total. The van der Waals surface area contributed by atoms with Crippen molar-refractivity contribution in [2.75, 3.05) is 16.7 Å². The molecule has 0 fully saturated rings. The zero-order valence-corrected chi connectivity index (χ0v) is 12.8. The summed E-state index contributed by atoms with van der Waals surface area (Å²) >= 11 is 0. The zero-order chi connectivity index (χ0) is 16.8. The Morgan fingerprint density at radius 2 is 1.87 bits per heavy atom. The van der Waals surface area contributed by atoms with Gasteiger partial charge in [-0.15, -0.1) is 0 Å². The number of nitrogens with zero attached hydrogens (tertiary/aromatic N) is 1. The number of benzene rings is 2. The Kier molecular flexibility index (Phi) is 3.56. The van der Waals surface area contributed by atoms with Crippen LogP contribution >= 0.6 is 0 Å². The quantitative estimate of drug-likeness (QED) is 0.934. The number of nitrogens with one attached hydrogen (secondary N) is 1. The molecule has 0 aromatic heterocycles. The molecular weight excluding hydrogens is 326 g/mol. The maximum atomic E-state index is 13.6. The first kappa shape index (κ1) is 15.4. The molecule has 23 heavy (non-hydrogen) atoms. The van der Waals surface area contributed by atoms with E-state index in [4.69, 9.17) is 0 Å². The molecule has 0 saturated heterocycles. The standard InChI is InChI=1S/C15H12F2N2O3S/c1-19-14-5-3-11(6-9(14)7-15(19)20)23(21,22)18-13-8-10(16)2-4-12(13)17/h2-6,8,18H,7H2,1H3. The number of halogens is 2. The lowest BCUT2D eigenvalue weighted by molar-refractivity contribution is -0.117. The van der Waals surface area contributed by atoms with Crippen LogP contribution in [0.3, 0.4) is 0 Å². The maximum absolute atomic E-state index is 13.6. The summed E-state index contributed by atoms with van der Waals surface area (Å²) in [6.45, 7) is 0. The van der Waals surface area contributed by atoms with Gasteiger partial charge in [-0.05, 0) is 35.9 Å². The summed E-state index contributed by atoms with van der Waals surface area (Å²) in [6, 6.07) is 6.67. The van der Waals surface area contributed by atoms with Crippen LogP contribution in [0.1, 0.15) is 5.56 Å². The van der Waals surface area contributed by atoms with E-state index in [1.165, 1.54) is 23.1 Å². The minimum absolute atomic E-state index is 0.101. The minimum Gasteiger partial charge on any atom is -0.315 e. The molecule has 1 N–H and O–H groups in total. The van der Waals surface area contributed by atoms with Crippen LogP contribution in [-0.2, 0) is 21.2 Å². The molecule has 0 unspecified atom stereocenters. The Bertz CT molecular complexity index is 913. The predicted octanol–water partition coefficient (Wildman–Crippen LogP) is 2.28. The van der Waals surface area contributed by atoms with E-state index in [-0.39, 0.29) is 17.2 Å². The number of sulfonamides is 1. The third kappa shape index (κ3) is 2.77. The zero-order valence-electron chi connectivity index (χ0n) is 12.0. The Balaban J connectivity index is 1.97. The van der Waals surface area contributed by atoms with Gasteiger partial charge in [0, 0.05) is 18.8 Å². The van der Waals surface area contributed by atoms with Crippen molar-refractivity contribution in [3.05, 3.63) is 53.6 Å². The van der Waals surface area contributed by atoms with E-state index in [0.717, 1.165) is 18.2 Å². The average Bonchev–Trinajstić information content (AvgIpc) is 2.77. The van der Waals surface area contributed by atoms with Gasteiger partial charge in [0.05, 0.1) is 17.0 Å². The lowest BCUT2D eigenvalue weighted by Gasteiger charge is -2.12. The molecule has 120 valence electrons. The van der Waals surface area contributed by atoms with Crippen molar-refractivity contribution < 1.29 is 22.0 Å². The molecule has 1 aliphatic heterocycles. The monoisotopic (exact) mass is 338 g/mol. The van der Waals surface area contributed by atoms with Crippen LogP contribution in [0.15, 0.2) is 41.3 Å². The largest absolute Gasteiger partial charge is 0.315 e. The smallest absolute Gasteiger partial charge is 0.262 e. The van der Waals surface area contributed by atoms with E-state index in [9.17, 15) is 22.0 Å². The lowest BCUT2D eigenvalue weighted by Crippen LogP contribution is -2.20. The van der Waals surface area contributed by atoms with Gasteiger partial charge in [-0.25, -0.2) is 17.2 Å². The van der Waals surface area contributed by atoms with E-state index in [1.54, 1.807) is 7.05 Å². The number of amides is 1. The van der Waals surface area contributed by atoms with Crippen molar-refractivity contribution >= 4 is 27.3 Å². The predicted molar refractivity (Wildman–Crippen MR) is 80.7 cm³/mol. The Hall–Kier alpha value is -2.48. The maximum Gasteiger partial charge on any atom is 0.262 e. The molecule has 0 saturated carbocycles. The van der Waals surface area contributed by atoms with Crippen LogP contribution in [0.4, 0.5) is 20.2 Å². The average molecular weight is 338 g/mol. The van der Waals surface area contributed by atoms with Crippen LogP contribution < -0.4 is 9.62 Å². The van der Waals surface area contributed by atoms with Crippen molar-refractivity contribution in [2.45, 2.75) is 11.3 Å². The summed E-state index contributed by atoms with van der Waals surface area (Å²) in [5.41, 5.74) is 0.727. The molecule has 0 spiro atoms. The van der Waals surface area contributed by atoms with Crippen LogP contribution in [0, 0.1) is 11.6 Å². The van der Waals surface area contributed by atoms with E-state index in [2.05, 4.69) is 0 Å². The van der Waals surface area contributed by atoms with Gasteiger partial charge < -0.3 is 4.90 Å². The van der Waals surface area contributed by atoms with Crippen LogP contribution in [-0.4, -0.2) is 21.4 Å². The number of likely N-dealkylation sites (N-methyl/N-ethyl adjacent to an activating group) is 1. The second-order valence-corrected chi connectivity index (χ2v) is 6.83. The van der Waals surface area contributed by atoms with Crippen molar-refractivity contribution in [2.24, 2.45) is 0 Å². The van der Waals surface area contributed by atoms with E-state index >= 15 is 0 Å². The normalized spacial score (nSPS) is 14.0. The fourth-order valence-corrected chi connectivity index (χ4v) is 3.50. The third-order valence-corrected chi connectivity index (χ3v) is 4.97. The number of carbonyl (C=O) groups excluding carboxylic acids is 1. The highest BCUT2D eigenvalue weighted by Gasteiger charge is 2.26. The lowest BCUT2D eigenvalue weighted by atomic mass is 10.2. The molecule has 1 amide bonds. The van der Waals surface area contributed by atoms with Crippen molar-refractivity contribution in [1.82, 2.24) is 0 Å². The molecule has 2 aromatic carbocycles. The van der Waals surface area contributed by atoms with Crippen molar-refractivity contribution in [3.63, 3.8) is 0 Å². The van der Waals surface area contributed by atoms with Gasteiger partial charge in [-0.2, -0.15) is 0 Å². The fourth-order valence-electron chi connectivity index (χ4n) is 2.39. The second kappa shape index (κ2) is 5.31. The summed E-state index contributed by atoms with van der Waals surface area (Å²) < 4.78 is 53.4. The number of rotatable bonds is 3. The topological polar surface area (TPSA) is 66.5 Å². The minimum atomic E-state index is -4.10. The van der Waals surface area contributed by atoms with E-state index in [0.29, 0.717) is 11.3 Å². The molecule has 1 heterocycles. The highest BCUT2D eigenvalue weighted by atomic mass is 32.2. The summed E-state index contributed by atoms with van der Waals surface area (Å²) in [5, 5.41) is 0. The SMILES string of the molecule is CN1C(=O)Cc2cc(S(=O)(=O)Nc3cc(F)ccc3F)ccc21. The summed E-state index contributed by atoms with van der Waals surface area (Å²) in [5.74, 6) is -1.78. The highest BCUT2D eigenvalue weighted by molar-refractivity contribution is 7.92. The first-order chi connectivity index (χ1) is 10.8. The molecule has 1 aliphatic rings. The first-order valence-electron chi connectivity index (χ1n) is 6.65. The number of fused-ring (bicyclic) bond motifs is 1. The molecule has 8 heteroatoms. The Morgan fingerprint density at radius 3 is 2.61 bits per heavy atom. The summed E-state index contributed by atoms with van der Waals surface area (Å²) in [6.07, 6.45) is 0.101. The van der Waals surface area contributed by atoms with Gasteiger partial charge in [-0.3, -0.25) is 9.52 Å². The molecule has 0 radical (unpaired) electrons. The third-order valence-electron chi connectivity index (χ3n) is 3.61. The van der Waals surface area contributed by atoms with Crippen LogP contribution in [0.2, 0.25) is 0 Å². The molecule has 2 aromatic rings. The second-order valence-electron chi connectivity index (χ2n) is 5.15. The number of hydrogen-bond donors (Lipinski definition) is 1. The highest BCUT2D eigenvalue weighted by Crippen LogP contribution is 2.30. The summed E-state index contributed by atoms with van der Waals surface area (Å²) in [4.78, 5) is 12.9. The number of carbonyl (C=O) groups is 1. The van der Waals surface area contributed by atoms with Gasteiger partial charge in [0.15, 0.2) is 0 Å². The van der Waals surface area contributed by atoms with Crippen LogP contribution in [0.5, 0.6) is 0 Å². The van der Waals surface area contributed by atoms with Crippen molar-refractivity contribution in [3.8, 4) is 0 Å². The molecular formula is C15H12F2N2O3S. The molecule has 0 atom stereocenters. The fraction of sp³-hybridized carbons (Fsp3) is 0.133. The van der Waals surface area contributed by atoms with Gasteiger partial charge in [0.1, 0.15) is 11.6 Å². The van der Waals surface area contributed by atoms with Gasteiger partial charge in [-0.1, -0.05) is 0 Å².